The number of esters is 1. The van der Waals surface area contributed by atoms with Crippen molar-refractivity contribution in [1.82, 2.24) is 9.38 Å². The van der Waals surface area contributed by atoms with Crippen molar-refractivity contribution in [1.29, 1.82) is 0 Å². The number of alkyl halides is 1. The molecule has 0 aliphatic heterocycles. The van der Waals surface area contributed by atoms with Crippen LogP contribution < -0.4 is 4.74 Å². The Kier molecular flexibility index (Phi) is 4.50. The molecule has 0 spiro atoms. The summed E-state index contributed by atoms with van der Waals surface area (Å²) in [6.45, 7) is 1.86. The fraction of sp³-hybridized carbons (Fsp3) is 0.333. The summed E-state index contributed by atoms with van der Waals surface area (Å²) >= 11 is 11.7. The third-order valence-electron chi connectivity index (χ3n) is 2.32. The summed E-state index contributed by atoms with van der Waals surface area (Å²) in [6.07, 6.45) is 3.45. The van der Waals surface area contributed by atoms with Gasteiger partial charge in [0.15, 0.2) is 18.0 Å². The predicted molar refractivity (Wildman–Crippen MR) is 71.9 cm³/mol. The van der Waals surface area contributed by atoms with Crippen LogP contribution in [0.3, 0.4) is 0 Å². The molecule has 0 saturated heterocycles. The zero-order valence-electron chi connectivity index (χ0n) is 10.2. The van der Waals surface area contributed by atoms with Gasteiger partial charge in [-0.2, -0.15) is 0 Å². The van der Waals surface area contributed by atoms with E-state index < -0.39 is 5.97 Å². The molecule has 2 aromatic heterocycles. The number of carbonyl (C=O) groups excluding carboxylic acids is 1. The Hall–Kier alpha value is -1.46. The highest BCUT2D eigenvalue weighted by Gasteiger charge is 2.11. The summed E-state index contributed by atoms with van der Waals surface area (Å²) in [6, 6.07) is 1.60. The van der Waals surface area contributed by atoms with Crippen LogP contribution in [0, 0.1) is 0 Å². The molecule has 0 amide bonds. The first-order valence-corrected chi connectivity index (χ1v) is 6.56. The number of ether oxygens (including phenoxy) is 2. The van der Waals surface area contributed by atoms with Gasteiger partial charge in [-0.15, -0.1) is 11.6 Å². The third-order valence-corrected chi connectivity index (χ3v) is 2.80. The molecule has 2 heterocycles. The van der Waals surface area contributed by atoms with E-state index in [0.29, 0.717) is 28.7 Å². The number of aromatic nitrogens is 2. The molecular formula is C12H12Cl2N2O3. The molecule has 0 saturated carbocycles. The summed E-state index contributed by atoms with van der Waals surface area (Å²) in [5, 5.41) is 0.477. The number of hydrogen-bond donors (Lipinski definition) is 0. The van der Waals surface area contributed by atoms with E-state index in [1.807, 2.05) is 0 Å². The molecule has 19 heavy (non-hydrogen) atoms. The van der Waals surface area contributed by atoms with E-state index >= 15 is 0 Å². The maximum Gasteiger partial charge on any atom is 0.344 e. The predicted octanol–water partition coefficient (Wildman–Crippen LogP) is 2.67. The van der Waals surface area contributed by atoms with Gasteiger partial charge in [0.05, 0.1) is 23.2 Å². The summed E-state index contributed by atoms with van der Waals surface area (Å²) in [5.74, 6) is 0.262. The molecule has 0 aliphatic carbocycles. The molecule has 0 N–H and O–H groups in total. The molecule has 0 fully saturated rings. The maximum atomic E-state index is 11.3. The number of pyridine rings is 1. The lowest BCUT2D eigenvalue weighted by molar-refractivity contribution is -0.145. The quantitative estimate of drug-likeness (QED) is 0.629. The van der Waals surface area contributed by atoms with Gasteiger partial charge >= 0.3 is 5.97 Å². The Balaban J connectivity index is 2.25. The van der Waals surface area contributed by atoms with E-state index in [1.54, 1.807) is 29.8 Å². The van der Waals surface area contributed by atoms with Crippen molar-refractivity contribution in [3.05, 3.63) is 29.2 Å². The van der Waals surface area contributed by atoms with Gasteiger partial charge in [0.1, 0.15) is 0 Å². The first kappa shape index (κ1) is 14.0. The van der Waals surface area contributed by atoms with Crippen molar-refractivity contribution in [3.63, 3.8) is 0 Å². The maximum absolute atomic E-state index is 11.3. The van der Waals surface area contributed by atoms with Crippen LogP contribution in [0.15, 0.2) is 18.5 Å². The van der Waals surface area contributed by atoms with Crippen LogP contribution in [0.1, 0.15) is 12.6 Å². The molecule has 0 atom stereocenters. The van der Waals surface area contributed by atoms with Gasteiger partial charge in [0, 0.05) is 18.5 Å². The largest absolute Gasteiger partial charge is 0.478 e. The third kappa shape index (κ3) is 3.30. The standard InChI is InChI=1S/C12H12Cl2N2O3/c1-2-18-11(17)7-19-10-3-8(14)5-16-6-9(4-13)15-12(10)16/h3,5-6H,2,4,7H2,1H3. The second kappa shape index (κ2) is 6.12. The average molecular weight is 303 g/mol. The second-order valence-corrected chi connectivity index (χ2v) is 4.42. The van der Waals surface area contributed by atoms with Crippen molar-refractivity contribution in [3.8, 4) is 5.75 Å². The molecule has 0 unspecified atom stereocenters. The van der Waals surface area contributed by atoms with Crippen molar-refractivity contribution >= 4 is 34.8 Å². The summed E-state index contributed by atoms with van der Waals surface area (Å²) in [4.78, 5) is 15.6. The number of imidazole rings is 1. The van der Waals surface area contributed by atoms with Gasteiger partial charge in [0.2, 0.25) is 0 Å². The van der Waals surface area contributed by atoms with Crippen LogP contribution in [0.25, 0.3) is 5.65 Å². The van der Waals surface area contributed by atoms with Gasteiger partial charge in [-0.25, -0.2) is 9.78 Å². The van der Waals surface area contributed by atoms with Crippen molar-refractivity contribution in [2.75, 3.05) is 13.2 Å². The molecule has 5 nitrogen and oxygen atoms in total. The Bertz CT molecular complexity index is 598. The Morgan fingerprint density at radius 1 is 1.47 bits per heavy atom. The van der Waals surface area contributed by atoms with Crippen LogP contribution in [-0.4, -0.2) is 28.6 Å². The fourth-order valence-electron chi connectivity index (χ4n) is 1.59. The summed E-state index contributed by atoms with van der Waals surface area (Å²) in [5.41, 5.74) is 1.26. The lowest BCUT2D eigenvalue weighted by atomic mass is 10.4. The van der Waals surface area contributed by atoms with E-state index in [4.69, 9.17) is 32.7 Å². The highest BCUT2D eigenvalue weighted by molar-refractivity contribution is 6.30. The Labute approximate surface area is 120 Å². The van der Waals surface area contributed by atoms with E-state index in [-0.39, 0.29) is 12.5 Å². The van der Waals surface area contributed by atoms with E-state index in [1.165, 1.54) is 0 Å². The monoisotopic (exact) mass is 302 g/mol. The van der Waals surface area contributed by atoms with E-state index in [2.05, 4.69) is 4.98 Å². The minimum Gasteiger partial charge on any atom is -0.478 e. The number of rotatable bonds is 5. The number of halogens is 2. The van der Waals surface area contributed by atoms with Crippen LogP contribution in [0.2, 0.25) is 5.02 Å². The van der Waals surface area contributed by atoms with Crippen molar-refractivity contribution < 1.29 is 14.3 Å². The van der Waals surface area contributed by atoms with Gasteiger partial charge in [0.25, 0.3) is 0 Å². The number of nitrogens with zero attached hydrogens (tertiary/aromatic N) is 2. The molecule has 2 aromatic rings. The SMILES string of the molecule is CCOC(=O)COc1cc(Cl)cn2cc(CCl)nc12. The first-order valence-electron chi connectivity index (χ1n) is 5.65. The van der Waals surface area contributed by atoms with Crippen LogP contribution >= 0.6 is 23.2 Å². The van der Waals surface area contributed by atoms with Crippen LogP contribution in [0.4, 0.5) is 0 Å². The van der Waals surface area contributed by atoms with Gasteiger partial charge < -0.3 is 13.9 Å². The number of carbonyl (C=O) groups is 1. The topological polar surface area (TPSA) is 52.8 Å². The van der Waals surface area contributed by atoms with E-state index in [0.717, 1.165) is 0 Å². The van der Waals surface area contributed by atoms with Gasteiger partial charge in [-0.3, -0.25) is 0 Å². The number of hydrogen-bond acceptors (Lipinski definition) is 4. The molecule has 0 radical (unpaired) electrons. The highest BCUT2D eigenvalue weighted by atomic mass is 35.5. The fourth-order valence-corrected chi connectivity index (χ4v) is 1.93. The summed E-state index contributed by atoms with van der Waals surface area (Å²) in [7, 11) is 0. The smallest absolute Gasteiger partial charge is 0.344 e. The normalized spacial score (nSPS) is 10.7. The zero-order valence-corrected chi connectivity index (χ0v) is 11.7. The second-order valence-electron chi connectivity index (χ2n) is 3.71. The molecule has 7 heteroatoms. The summed E-state index contributed by atoms with van der Waals surface area (Å²) < 4.78 is 11.9. The highest BCUT2D eigenvalue weighted by Crippen LogP contribution is 2.24. The molecule has 2 rings (SSSR count). The van der Waals surface area contributed by atoms with Crippen LogP contribution in [-0.2, 0) is 15.4 Å². The van der Waals surface area contributed by atoms with Crippen molar-refractivity contribution in [2.45, 2.75) is 12.8 Å². The van der Waals surface area contributed by atoms with Gasteiger partial charge in [-0.05, 0) is 6.92 Å². The minimum atomic E-state index is -0.440. The molecule has 0 bridgehead atoms. The lowest BCUT2D eigenvalue weighted by Crippen LogP contribution is -2.15. The molecule has 0 aromatic carbocycles. The number of fused-ring (bicyclic) bond motifs is 1. The lowest BCUT2D eigenvalue weighted by Gasteiger charge is -2.07. The molecule has 102 valence electrons. The average Bonchev–Trinajstić information content (AvgIpc) is 2.79. The Morgan fingerprint density at radius 3 is 2.95 bits per heavy atom. The molecule has 0 aliphatic rings. The van der Waals surface area contributed by atoms with E-state index in [9.17, 15) is 4.79 Å². The minimum absolute atomic E-state index is 0.188. The zero-order chi connectivity index (χ0) is 13.8. The molecular weight excluding hydrogens is 291 g/mol. The van der Waals surface area contributed by atoms with Crippen molar-refractivity contribution in [2.24, 2.45) is 0 Å². The van der Waals surface area contributed by atoms with Crippen LogP contribution in [0.5, 0.6) is 5.75 Å². The van der Waals surface area contributed by atoms with Gasteiger partial charge in [-0.1, -0.05) is 11.6 Å². The first-order chi connectivity index (χ1) is 9.13. The Morgan fingerprint density at radius 2 is 2.26 bits per heavy atom.